The molecular weight excluding hydrogens is 275 g/mol. The van der Waals surface area contributed by atoms with Crippen molar-refractivity contribution in [2.75, 3.05) is 0 Å². The van der Waals surface area contributed by atoms with Gasteiger partial charge in [-0.2, -0.15) is 4.98 Å². The number of nitrogens with zero attached hydrogens (tertiary/aromatic N) is 2. The zero-order chi connectivity index (χ0) is 13.7. The summed E-state index contributed by atoms with van der Waals surface area (Å²) in [6, 6.07) is 8.11. The quantitative estimate of drug-likeness (QED) is 0.631. The fraction of sp³-hybridized carbons (Fsp3) is 0.200. The van der Waals surface area contributed by atoms with Crippen LogP contribution in [0.3, 0.4) is 0 Å². The van der Waals surface area contributed by atoms with Gasteiger partial charge in [-0.1, -0.05) is 12.2 Å². The van der Waals surface area contributed by atoms with Gasteiger partial charge in [-0.25, -0.2) is 4.39 Å². The predicted octanol–water partition coefficient (Wildman–Crippen LogP) is 4.11. The maximum absolute atomic E-state index is 13.0. The third-order valence-corrected chi connectivity index (χ3v) is 4.08. The molecule has 5 heteroatoms. The number of halogens is 1. The van der Waals surface area contributed by atoms with Crippen LogP contribution in [0.4, 0.5) is 4.39 Å². The zero-order valence-corrected chi connectivity index (χ0v) is 11.4. The first-order valence-corrected chi connectivity index (χ1v) is 6.92. The van der Waals surface area contributed by atoms with Gasteiger partial charge in [-0.15, -0.1) is 0 Å². The zero-order valence-electron chi connectivity index (χ0n) is 10.6. The standard InChI is InChI=1S/C15H11FN2OS/c16-10-5-3-9(4-6-10)12-8-11-14(19-12)17-13-2-1-7-18(13)15(11)20/h3-6,8H,1-2,7H2. The van der Waals surface area contributed by atoms with Crippen LogP contribution in [0.5, 0.6) is 0 Å². The van der Waals surface area contributed by atoms with Gasteiger partial charge in [0.25, 0.3) is 0 Å². The Morgan fingerprint density at radius 2 is 2.05 bits per heavy atom. The number of furan rings is 1. The number of rotatable bonds is 1. The Balaban J connectivity index is 1.94. The van der Waals surface area contributed by atoms with Crippen LogP contribution in [-0.4, -0.2) is 9.55 Å². The highest BCUT2D eigenvalue weighted by Crippen LogP contribution is 2.29. The van der Waals surface area contributed by atoms with E-state index in [9.17, 15) is 4.39 Å². The van der Waals surface area contributed by atoms with E-state index in [-0.39, 0.29) is 5.82 Å². The Kier molecular flexibility index (Phi) is 2.50. The first-order valence-electron chi connectivity index (χ1n) is 6.51. The Morgan fingerprint density at radius 1 is 1.25 bits per heavy atom. The molecule has 2 aromatic heterocycles. The van der Waals surface area contributed by atoms with E-state index < -0.39 is 0 Å². The van der Waals surface area contributed by atoms with E-state index in [1.54, 1.807) is 12.1 Å². The van der Waals surface area contributed by atoms with Crippen molar-refractivity contribution in [3.63, 3.8) is 0 Å². The van der Waals surface area contributed by atoms with Crippen LogP contribution in [0.1, 0.15) is 12.2 Å². The minimum absolute atomic E-state index is 0.263. The van der Waals surface area contributed by atoms with E-state index in [1.807, 2.05) is 6.07 Å². The van der Waals surface area contributed by atoms with Crippen LogP contribution in [0.25, 0.3) is 22.4 Å². The molecular formula is C15H11FN2OS. The molecule has 0 spiro atoms. The fourth-order valence-corrected chi connectivity index (χ4v) is 2.97. The third-order valence-electron chi connectivity index (χ3n) is 3.64. The summed E-state index contributed by atoms with van der Waals surface area (Å²) in [5.74, 6) is 1.40. The average molecular weight is 286 g/mol. The SMILES string of the molecule is Fc1ccc(-c2cc3c(=S)n4c(nc3o2)CCC4)cc1. The first-order chi connectivity index (χ1) is 9.72. The van der Waals surface area contributed by atoms with E-state index in [0.29, 0.717) is 11.5 Å². The Hall–Kier alpha value is -2.01. The molecule has 0 saturated carbocycles. The van der Waals surface area contributed by atoms with E-state index in [0.717, 1.165) is 40.8 Å². The summed E-state index contributed by atoms with van der Waals surface area (Å²) in [7, 11) is 0. The topological polar surface area (TPSA) is 31.0 Å². The molecule has 0 radical (unpaired) electrons. The summed E-state index contributed by atoms with van der Waals surface area (Å²) in [6.07, 6.45) is 2.01. The van der Waals surface area contributed by atoms with Gasteiger partial charge in [0.1, 0.15) is 22.0 Å². The molecule has 20 heavy (non-hydrogen) atoms. The van der Waals surface area contributed by atoms with Crippen LogP contribution >= 0.6 is 12.2 Å². The van der Waals surface area contributed by atoms with Gasteiger partial charge in [0.2, 0.25) is 5.71 Å². The molecule has 3 aromatic rings. The molecule has 0 atom stereocenters. The number of hydrogen-bond donors (Lipinski definition) is 0. The molecule has 1 aliphatic heterocycles. The van der Waals surface area contributed by atoms with Gasteiger partial charge in [-0.05, 0) is 36.8 Å². The maximum atomic E-state index is 13.0. The van der Waals surface area contributed by atoms with Crippen molar-refractivity contribution in [2.45, 2.75) is 19.4 Å². The summed E-state index contributed by atoms with van der Waals surface area (Å²) in [6.45, 7) is 0.925. The lowest BCUT2D eigenvalue weighted by atomic mass is 10.1. The Morgan fingerprint density at radius 3 is 2.85 bits per heavy atom. The molecule has 4 rings (SSSR count). The molecule has 0 aliphatic carbocycles. The Bertz CT molecular complexity index is 864. The Labute approximate surface area is 119 Å². The lowest BCUT2D eigenvalue weighted by Crippen LogP contribution is -2.00. The first kappa shape index (κ1) is 11.8. The van der Waals surface area contributed by atoms with Gasteiger partial charge < -0.3 is 8.98 Å². The second-order valence-corrected chi connectivity index (χ2v) is 5.31. The second-order valence-electron chi connectivity index (χ2n) is 4.92. The summed E-state index contributed by atoms with van der Waals surface area (Å²) in [5.41, 5.74) is 1.39. The van der Waals surface area contributed by atoms with Crippen molar-refractivity contribution in [1.29, 1.82) is 0 Å². The minimum atomic E-state index is -0.263. The number of aryl methyl sites for hydroxylation is 1. The monoisotopic (exact) mass is 286 g/mol. The number of aromatic nitrogens is 2. The summed E-state index contributed by atoms with van der Waals surface area (Å²) < 4.78 is 21.6. The molecule has 1 aromatic carbocycles. The van der Waals surface area contributed by atoms with E-state index in [1.165, 1.54) is 12.1 Å². The second kappa shape index (κ2) is 4.24. The van der Waals surface area contributed by atoms with Gasteiger partial charge in [0, 0.05) is 18.5 Å². The van der Waals surface area contributed by atoms with E-state index in [2.05, 4.69) is 9.55 Å². The van der Waals surface area contributed by atoms with Crippen LogP contribution in [0.2, 0.25) is 0 Å². The molecule has 0 saturated heterocycles. The number of benzene rings is 1. The summed E-state index contributed by atoms with van der Waals surface area (Å²) >= 11 is 5.51. The molecule has 0 N–H and O–H groups in total. The average Bonchev–Trinajstić information content (AvgIpc) is 3.06. The van der Waals surface area contributed by atoms with Crippen molar-refractivity contribution in [3.05, 3.63) is 46.6 Å². The molecule has 0 bridgehead atoms. The van der Waals surface area contributed by atoms with Gasteiger partial charge in [-0.3, -0.25) is 0 Å². The lowest BCUT2D eigenvalue weighted by Gasteiger charge is -2.02. The smallest absolute Gasteiger partial charge is 0.231 e. The highest BCUT2D eigenvalue weighted by molar-refractivity contribution is 7.71. The van der Waals surface area contributed by atoms with Crippen LogP contribution in [0, 0.1) is 10.5 Å². The van der Waals surface area contributed by atoms with Crippen LogP contribution in [-0.2, 0) is 13.0 Å². The molecule has 100 valence electrons. The predicted molar refractivity (Wildman–Crippen MR) is 76.5 cm³/mol. The highest BCUT2D eigenvalue weighted by atomic mass is 32.1. The van der Waals surface area contributed by atoms with Crippen LogP contribution in [0.15, 0.2) is 34.7 Å². The van der Waals surface area contributed by atoms with Gasteiger partial charge in [0.15, 0.2) is 0 Å². The lowest BCUT2D eigenvalue weighted by molar-refractivity contribution is 0.610. The van der Waals surface area contributed by atoms with Crippen molar-refractivity contribution in [2.24, 2.45) is 0 Å². The number of hydrogen-bond acceptors (Lipinski definition) is 3. The minimum Gasteiger partial charge on any atom is -0.438 e. The molecule has 3 nitrogen and oxygen atoms in total. The molecule has 3 heterocycles. The maximum Gasteiger partial charge on any atom is 0.231 e. The van der Waals surface area contributed by atoms with Crippen molar-refractivity contribution in [3.8, 4) is 11.3 Å². The van der Waals surface area contributed by atoms with E-state index in [4.69, 9.17) is 16.6 Å². The molecule has 0 amide bonds. The summed E-state index contributed by atoms with van der Waals surface area (Å²) in [5, 5.41) is 0.852. The summed E-state index contributed by atoms with van der Waals surface area (Å²) in [4.78, 5) is 4.54. The third kappa shape index (κ3) is 1.70. The number of fused-ring (bicyclic) bond motifs is 2. The molecule has 1 aliphatic rings. The molecule has 0 fully saturated rings. The van der Waals surface area contributed by atoms with Crippen molar-refractivity contribution in [1.82, 2.24) is 9.55 Å². The van der Waals surface area contributed by atoms with Crippen molar-refractivity contribution < 1.29 is 8.81 Å². The van der Waals surface area contributed by atoms with Gasteiger partial charge in [0.05, 0.1) is 5.39 Å². The largest absolute Gasteiger partial charge is 0.438 e. The van der Waals surface area contributed by atoms with Gasteiger partial charge >= 0.3 is 0 Å². The molecule has 0 unspecified atom stereocenters. The normalized spacial score (nSPS) is 13.8. The fourth-order valence-electron chi connectivity index (χ4n) is 2.63. The highest BCUT2D eigenvalue weighted by Gasteiger charge is 2.17. The van der Waals surface area contributed by atoms with Crippen molar-refractivity contribution >= 4 is 23.3 Å². The van der Waals surface area contributed by atoms with E-state index >= 15 is 0 Å². The van der Waals surface area contributed by atoms with Crippen LogP contribution < -0.4 is 0 Å².